The van der Waals surface area contributed by atoms with E-state index in [1.54, 1.807) is 0 Å². The fraction of sp³-hybridized carbons (Fsp3) is 0.933. The fourth-order valence-electron chi connectivity index (χ4n) is 2.51. The molecule has 4 heteroatoms. The van der Waals surface area contributed by atoms with E-state index in [1.165, 1.54) is 0 Å². The van der Waals surface area contributed by atoms with Gasteiger partial charge in [-0.05, 0) is 46.7 Å². The second-order valence-corrected chi connectivity index (χ2v) is 6.75. The molecular weight excluding hydrogens is 238 g/mol. The third-order valence-electron chi connectivity index (χ3n) is 4.34. The molecule has 112 valence electrons. The Morgan fingerprint density at radius 1 is 1.37 bits per heavy atom. The van der Waals surface area contributed by atoms with Gasteiger partial charge in [0, 0.05) is 12.6 Å². The van der Waals surface area contributed by atoms with Gasteiger partial charge in [-0.3, -0.25) is 10.1 Å². The van der Waals surface area contributed by atoms with Gasteiger partial charge in [0.1, 0.15) is 0 Å². The highest BCUT2D eigenvalue weighted by Gasteiger charge is 2.46. The molecule has 1 saturated heterocycles. The van der Waals surface area contributed by atoms with E-state index in [0.29, 0.717) is 12.0 Å². The lowest BCUT2D eigenvalue weighted by Gasteiger charge is -2.30. The summed E-state index contributed by atoms with van der Waals surface area (Å²) < 4.78 is 0. The van der Waals surface area contributed by atoms with Crippen LogP contribution in [0.5, 0.6) is 0 Å². The van der Waals surface area contributed by atoms with Crippen molar-refractivity contribution < 1.29 is 4.79 Å². The van der Waals surface area contributed by atoms with Crippen LogP contribution >= 0.6 is 0 Å². The van der Waals surface area contributed by atoms with E-state index in [1.807, 2.05) is 11.8 Å². The van der Waals surface area contributed by atoms with Crippen molar-refractivity contribution in [2.45, 2.75) is 65.2 Å². The lowest BCUT2D eigenvalue weighted by atomic mass is 9.99. The molecule has 1 rings (SSSR count). The summed E-state index contributed by atoms with van der Waals surface area (Å²) >= 11 is 0. The Labute approximate surface area is 118 Å². The normalized spacial score (nSPS) is 29.6. The molecule has 0 aromatic carbocycles. The van der Waals surface area contributed by atoms with Gasteiger partial charge in [0.2, 0.25) is 5.91 Å². The van der Waals surface area contributed by atoms with Crippen LogP contribution in [0.1, 0.15) is 47.5 Å². The Morgan fingerprint density at radius 2 is 1.95 bits per heavy atom. The minimum absolute atomic E-state index is 0.180. The minimum atomic E-state index is -0.383. The van der Waals surface area contributed by atoms with Gasteiger partial charge in [-0.25, -0.2) is 0 Å². The zero-order valence-corrected chi connectivity index (χ0v) is 13.7. The molecule has 0 aliphatic carbocycles. The van der Waals surface area contributed by atoms with Crippen LogP contribution < -0.4 is 5.32 Å². The van der Waals surface area contributed by atoms with Gasteiger partial charge >= 0.3 is 0 Å². The van der Waals surface area contributed by atoms with E-state index in [9.17, 15) is 4.79 Å². The third kappa shape index (κ3) is 3.69. The molecule has 0 radical (unpaired) electrons. The van der Waals surface area contributed by atoms with Gasteiger partial charge in [-0.2, -0.15) is 0 Å². The first-order valence-electron chi connectivity index (χ1n) is 7.46. The van der Waals surface area contributed by atoms with E-state index in [-0.39, 0.29) is 17.6 Å². The molecule has 1 aliphatic rings. The monoisotopic (exact) mass is 269 g/mol. The van der Waals surface area contributed by atoms with Crippen molar-refractivity contribution in [2.24, 2.45) is 5.92 Å². The topological polar surface area (TPSA) is 35.6 Å². The minimum Gasteiger partial charge on any atom is -0.324 e. The maximum Gasteiger partial charge on any atom is 0.243 e. The molecule has 0 aromatic rings. The lowest BCUT2D eigenvalue weighted by molar-refractivity contribution is -0.133. The van der Waals surface area contributed by atoms with Crippen molar-refractivity contribution in [3.63, 3.8) is 0 Å². The van der Waals surface area contributed by atoms with Crippen LogP contribution in [-0.2, 0) is 4.79 Å². The summed E-state index contributed by atoms with van der Waals surface area (Å²) in [5.74, 6) is 0.844. The number of rotatable bonds is 6. The molecule has 3 unspecified atom stereocenters. The average molecular weight is 269 g/mol. The first-order valence-corrected chi connectivity index (χ1v) is 7.46. The Morgan fingerprint density at radius 3 is 2.37 bits per heavy atom. The lowest BCUT2D eigenvalue weighted by Crippen LogP contribution is -2.45. The molecule has 0 aromatic heterocycles. The molecule has 0 bridgehead atoms. The van der Waals surface area contributed by atoms with Gasteiger partial charge in [0.25, 0.3) is 0 Å². The van der Waals surface area contributed by atoms with Crippen LogP contribution in [-0.4, -0.2) is 54.1 Å². The first-order chi connectivity index (χ1) is 8.71. The standard InChI is InChI=1S/C15H31N3O/c1-8-15(5)14(19)18(10-12(4)17(6)7)13(16-15)9-11(2)3/h11-13,16H,8-10H2,1-7H3. The number of nitrogens with zero attached hydrogens (tertiary/aromatic N) is 2. The zero-order valence-electron chi connectivity index (χ0n) is 13.7. The number of hydrogen-bond donors (Lipinski definition) is 1. The van der Waals surface area contributed by atoms with E-state index >= 15 is 0 Å². The zero-order chi connectivity index (χ0) is 14.8. The predicted octanol–water partition coefficient (Wildman–Crippen LogP) is 1.91. The van der Waals surface area contributed by atoms with E-state index in [4.69, 9.17) is 0 Å². The average Bonchev–Trinajstić information content (AvgIpc) is 2.53. The smallest absolute Gasteiger partial charge is 0.243 e. The van der Waals surface area contributed by atoms with Gasteiger partial charge in [-0.1, -0.05) is 20.8 Å². The summed E-state index contributed by atoms with van der Waals surface area (Å²) in [5.41, 5.74) is -0.383. The number of likely N-dealkylation sites (N-methyl/N-ethyl adjacent to an activating group) is 1. The summed E-state index contributed by atoms with van der Waals surface area (Å²) in [4.78, 5) is 16.9. The van der Waals surface area contributed by atoms with E-state index in [2.05, 4.69) is 52.0 Å². The molecule has 1 N–H and O–H groups in total. The highest BCUT2D eigenvalue weighted by molar-refractivity contribution is 5.88. The third-order valence-corrected chi connectivity index (χ3v) is 4.34. The van der Waals surface area contributed by atoms with Crippen LogP contribution in [0.4, 0.5) is 0 Å². The summed E-state index contributed by atoms with van der Waals surface area (Å²) in [7, 11) is 4.13. The Kier molecular flexibility index (Phi) is 5.39. The first kappa shape index (κ1) is 16.4. The number of carbonyl (C=O) groups is 1. The highest BCUT2D eigenvalue weighted by atomic mass is 16.2. The largest absolute Gasteiger partial charge is 0.324 e. The summed E-state index contributed by atoms with van der Waals surface area (Å²) in [6, 6.07) is 0.375. The van der Waals surface area contributed by atoms with Gasteiger partial charge in [0.05, 0.1) is 11.7 Å². The number of carbonyl (C=O) groups excluding carboxylic acids is 1. The molecule has 19 heavy (non-hydrogen) atoms. The van der Waals surface area contributed by atoms with Crippen LogP contribution in [0.25, 0.3) is 0 Å². The molecule has 1 heterocycles. The summed E-state index contributed by atoms with van der Waals surface area (Å²) in [6.45, 7) is 11.5. The Bertz CT molecular complexity index is 317. The predicted molar refractivity (Wildman–Crippen MR) is 79.9 cm³/mol. The summed E-state index contributed by atoms with van der Waals surface area (Å²) in [6.07, 6.45) is 2.04. The van der Waals surface area contributed by atoms with E-state index in [0.717, 1.165) is 19.4 Å². The van der Waals surface area contributed by atoms with Crippen LogP contribution in [0.15, 0.2) is 0 Å². The molecule has 4 nitrogen and oxygen atoms in total. The maximum absolute atomic E-state index is 12.7. The second kappa shape index (κ2) is 6.23. The molecule has 3 atom stereocenters. The van der Waals surface area contributed by atoms with Gasteiger partial charge in [-0.15, -0.1) is 0 Å². The Balaban J connectivity index is 2.85. The molecule has 1 aliphatic heterocycles. The fourth-order valence-corrected chi connectivity index (χ4v) is 2.51. The van der Waals surface area contributed by atoms with Gasteiger partial charge in [0.15, 0.2) is 0 Å². The van der Waals surface area contributed by atoms with Crippen molar-refractivity contribution >= 4 is 5.91 Å². The SMILES string of the molecule is CCC1(C)NC(CC(C)C)N(CC(C)N(C)C)C1=O. The molecule has 1 fully saturated rings. The quantitative estimate of drug-likeness (QED) is 0.800. The molecule has 0 spiro atoms. The molecule has 1 amide bonds. The van der Waals surface area contributed by atoms with Crippen molar-refractivity contribution in [2.75, 3.05) is 20.6 Å². The molecule has 0 saturated carbocycles. The van der Waals surface area contributed by atoms with Crippen LogP contribution in [0, 0.1) is 5.92 Å². The number of nitrogens with one attached hydrogen (secondary N) is 1. The second-order valence-electron chi connectivity index (χ2n) is 6.75. The van der Waals surface area contributed by atoms with Gasteiger partial charge < -0.3 is 9.80 Å². The van der Waals surface area contributed by atoms with Crippen LogP contribution in [0.3, 0.4) is 0 Å². The van der Waals surface area contributed by atoms with Crippen molar-refractivity contribution in [3.8, 4) is 0 Å². The van der Waals surface area contributed by atoms with Crippen molar-refractivity contribution in [3.05, 3.63) is 0 Å². The van der Waals surface area contributed by atoms with Crippen molar-refractivity contribution in [1.29, 1.82) is 0 Å². The Hall–Kier alpha value is -0.610. The summed E-state index contributed by atoms with van der Waals surface area (Å²) in [5, 5.41) is 3.55. The van der Waals surface area contributed by atoms with Crippen molar-refractivity contribution in [1.82, 2.24) is 15.1 Å². The van der Waals surface area contributed by atoms with Crippen LogP contribution in [0.2, 0.25) is 0 Å². The molecular formula is C15H31N3O. The van der Waals surface area contributed by atoms with E-state index < -0.39 is 0 Å². The highest BCUT2D eigenvalue weighted by Crippen LogP contribution is 2.27. The number of amides is 1. The number of hydrogen-bond acceptors (Lipinski definition) is 3. The maximum atomic E-state index is 12.7.